The van der Waals surface area contributed by atoms with E-state index in [1.54, 1.807) is 23.2 Å². The number of hydrogen-bond acceptors (Lipinski definition) is 4. The molecule has 0 bridgehead atoms. The summed E-state index contributed by atoms with van der Waals surface area (Å²) >= 11 is 5.68. The van der Waals surface area contributed by atoms with E-state index in [1.165, 1.54) is 0 Å². The zero-order valence-electron chi connectivity index (χ0n) is 9.47. The summed E-state index contributed by atoms with van der Waals surface area (Å²) in [6.45, 7) is 0.107. The molecular weight excluding hydrogens is 261 g/mol. The van der Waals surface area contributed by atoms with Crippen LogP contribution in [0.15, 0.2) is 23.3 Å². The van der Waals surface area contributed by atoms with Gasteiger partial charge in [0, 0.05) is 19.3 Å². The molecule has 1 amide bonds. The van der Waals surface area contributed by atoms with E-state index in [-0.39, 0.29) is 13.2 Å². The molecule has 0 atom stereocenters. The average molecular weight is 272 g/mol. The Morgan fingerprint density at radius 2 is 2.33 bits per heavy atom. The fraction of sp³-hybridized carbons (Fsp3) is 0.364. The van der Waals surface area contributed by atoms with Crippen LogP contribution >= 0.6 is 11.6 Å². The van der Waals surface area contributed by atoms with Crippen LogP contribution in [0.5, 0.6) is 0 Å². The van der Waals surface area contributed by atoms with Gasteiger partial charge in [-0.3, -0.25) is 0 Å². The number of pyridine rings is 1. The fourth-order valence-electron chi connectivity index (χ4n) is 1.58. The topological polar surface area (TPSA) is 54.8 Å². The van der Waals surface area contributed by atoms with Crippen LogP contribution in [0.3, 0.4) is 0 Å². The van der Waals surface area contributed by atoms with Crippen molar-refractivity contribution in [3.8, 4) is 0 Å². The molecule has 0 spiro atoms. The molecule has 0 saturated heterocycles. The maximum Gasteiger partial charge on any atom is 0.435 e. The Balaban J connectivity index is 2.08. The number of aromatic nitrogens is 1. The van der Waals surface area contributed by atoms with Gasteiger partial charge < -0.3 is 9.64 Å². The number of amides is 1. The number of rotatable bonds is 4. The van der Waals surface area contributed by atoms with Gasteiger partial charge in [-0.05, 0) is 11.6 Å². The van der Waals surface area contributed by atoms with Crippen molar-refractivity contribution in [1.82, 2.24) is 9.88 Å². The largest absolute Gasteiger partial charge is 0.440 e. The molecule has 0 N–H and O–H groups in total. The normalized spacial score (nSPS) is 14.3. The van der Waals surface area contributed by atoms with Crippen LogP contribution in [0.25, 0.3) is 0 Å². The van der Waals surface area contributed by atoms with E-state index in [0.29, 0.717) is 17.5 Å². The molecule has 0 aromatic carbocycles. The highest BCUT2D eigenvalue weighted by Crippen LogP contribution is 2.11. The molecule has 0 radical (unpaired) electrons. The van der Waals surface area contributed by atoms with Gasteiger partial charge >= 0.3 is 6.09 Å². The summed E-state index contributed by atoms with van der Waals surface area (Å²) in [6.07, 6.45) is 0.967. The molecule has 2 heterocycles. The first-order valence-electron chi connectivity index (χ1n) is 5.34. The molecule has 2 rings (SSSR count). The van der Waals surface area contributed by atoms with Gasteiger partial charge in [-0.1, -0.05) is 17.7 Å². The fourth-order valence-corrected chi connectivity index (χ4v) is 1.69. The number of ether oxygens (including phenoxy) is 1. The molecule has 1 aliphatic heterocycles. The average Bonchev–Trinajstić information content (AvgIpc) is 2.78. The lowest BCUT2D eigenvalue weighted by Crippen LogP contribution is -2.33. The predicted molar refractivity (Wildman–Crippen MR) is 64.4 cm³/mol. The summed E-state index contributed by atoms with van der Waals surface area (Å²) in [5.41, 5.74) is 0.856. The molecule has 1 aromatic rings. The van der Waals surface area contributed by atoms with E-state index in [1.807, 2.05) is 0 Å². The Bertz CT molecular complexity index is 464. The van der Waals surface area contributed by atoms with E-state index in [0.717, 1.165) is 5.56 Å². The summed E-state index contributed by atoms with van der Waals surface area (Å²) in [5, 5.41) is 0.396. The van der Waals surface area contributed by atoms with Gasteiger partial charge in [-0.2, -0.15) is 4.99 Å². The van der Waals surface area contributed by atoms with Crippen molar-refractivity contribution in [2.24, 2.45) is 4.99 Å². The highest BCUT2D eigenvalue weighted by Gasteiger charge is 2.21. The van der Waals surface area contributed by atoms with Crippen LogP contribution in [0, 0.1) is 0 Å². The van der Waals surface area contributed by atoms with E-state index < -0.39 is 12.8 Å². The molecule has 0 unspecified atom stereocenters. The van der Waals surface area contributed by atoms with E-state index >= 15 is 0 Å². The minimum absolute atomic E-state index is 0.0832. The number of carbonyl (C=O) groups excluding carboxylic acids is 1. The lowest BCUT2D eigenvalue weighted by molar-refractivity contribution is 0.179. The van der Waals surface area contributed by atoms with Gasteiger partial charge in [0.15, 0.2) is 12.4 Å². The van der Waals surface area contributed by atoms with E-state index in [9.17, 15) is 9.18 Å². The van der Waals surface area contributed by atoms with Crippen LogP contribution in [0.1, 0.15) is 5.56 Å². The lowest BCUT2D eigenvalue weighted by Gasteiger charge is -2.21. The van der Waals surface area contributed by atoms with Crippen LogP contribution in [-0.4, -0.2) is 41.6 Å². The molecule has 1 aromatic heterocycles. The number of halogens is 2. The number of nitrogens with zero attached hydrogens (tertiary/aromatic N) is 3. The summed E-state index contributed by atoms with van der Waals surface area (Å²) in [6, 6.07) is 3.45. The van der Waals surface area contributed by atoms with Gasteiger partial charge in [0.05, 0.1) is 0 Å². The molecule has 18 heavy (non-hydrogen) atoms. The van der Waals surface area contributed by atoms with Crippen molar-refractivity contribution in [3.63, 3.8) is 0 Å². The Labute approximate surface area is 108 Å². The van der Waals surface area contributed by atoms with Crippen LogP contribution < -0.4 is 0 Å². The van der Waals surface area contributed by atoms with E-state index in [4.69, 9.17) is 16.3 Å². The first-order valence-corrected chi connectivity index (χ1v) is 5.72. The van der Waals surface area contributed by atoms with Gasteiger partial charge in [0.25, 0.3) is 0 Å². The van der Waals surface area contributed by atoms with Crippen molar-refractivity contribution in [2.75, 3.05) is 19.8 Å². The predicted octanol–water partition coefficient (Wildman–Crippen LogP) is 2.06. The molecule has 0 aliphatic carbocycles. The highest BCUT2D eigenvalue weighted by atomic mass is 35.5. The number of carbonyl (C=O) groups is 1. The number of alkyl halides is 1. The van der Waals surface area contributed by atoms with Crippen molar-refractivity contribution in [1.29, 1.82) is 0 Å². The van der Waals surface area contributed by atoms with E-state index in [2.05, 4.69) is 9.98 Å². The lowest BCUT2D eigenvalue weighted by atomic mass is 10.2. The van der Waals surface area contributed by atoms with Gasteiger partial charge in [0.2, 0.25) is 0 Å². The Hall–Kier alpha value is -1.69. The molecule has 1 aliphatic rings. The minimum atomic E-state index is -0.636. The van der Waals surface area contributed by atoms with Crippen LogP contribution in [-0.2, 0) is 11.3 Å². The smallest absolute Gasteiger partial charge is 0.435 e. The number of amidine groups is 1. The van der Waals surface area contributed by atoms with Crippen LogP contribution in [0.2, 0.25) is 5.15 Å². The Morgan fingerprint density at radius 1 is 1.50 bits per heavy atom. The Morgan fingerprint density at radius 3 is 2.89 bits per heavy atom. The SMILES string of the molecule is O=C1N=C(N(CCF)Cc2ccc(Cl)nc2)CO1. The summed E-state index contributed by atoms with van der Waals surface area (Å²) < 4.78 is 17.2. The summed E-state index contributed by atoms with van der Waals surface area (Å²) in [5.74, 6) is 0.438. The quantitative estimate of drug-likeness (QED) is 0.787. The second-order valence-corrected chi connectivity index (χ2v) is 4.07. The maximum absolute atomic E-state index is 12.5. The molecule has 96 valence electrons. The zero-order chi connectivity index (χ0) is 13.0. The molecule has 5 nitrogen and oxygen atoms in total. The molecule has 7 heteroatoms. The van der Waals surface area contributed by atoms with Gasteiger partial charge in [-0.25, -0.2) is 14.2 Å². The Kier molecular flexibility index (Phi) is 4.09. The number of aliphatic imine (C=N–C) groups is 1. The number of cyclic esters (lactones) is 1. The van der Waals surface area contributed by atoms with Crippen LogP contribution in [0.4, 0.5) is 9.18 Å². The van der Waals surface area contributed by atoms with Gasteiger partial charge in [0.1, 0.15) is 11.8 Å². The maximum atomic E-state index is 12.5. The van der Waals surface area contributed by atoms with Crippen molar-refractivity contribution in [2.45, 2.75) is 6.54 Å². The standard InChI is InChI=1S/C11H11ClFN3O2/c12-9-2-1-8(5-14-9)6-16(4-3-13)10-7-18-11(17)15-10/h1-2,5H,3-4,6-7H2. The minimum Gasteiger partial charge on any atom is -0.440 e. The molecular formula is C11H11ClFN3O2. The first-order chi connectivity index (χ1) is 8.69. The zero-order valence-corrected chi connectivity index (χ0v) is 10.2. The first kappa shape index (κ1) is 12.8. The van der Waals surface area contributed by atoms with Crippen molar-refractivity contribution in [3.05, 3.63) is 29.0 Å². The highest BCUT2D eigenvalue weighted by molar-refractivity contribution is 6.29. The second kappa shape index (κ2) is 5.77. The summed E-state index contributed by atoms with van der Waals surface area (Å²) in [7, 11) is 0. The summed E-state index contributed by atoms with van der Waals surface area (Å²) in [4.78, 5) is 20.2. The monoisotopic (exact) mass is 271 g/mol. The van der Waals surface area contributed by atoms with Crippen molar-refractivity contribution >= 4 is 23.5 Å². The third kappa shape index (κ3) is 3.16. The third-order valence-electron chi connectivity index (χ3n) is 2.43. The second-order valence-electron chi connectivity index (χ2n) is 3.68. The number of hydrogen-bond donors (Lipinski definition) is 0. The molecule has 0 fully saturated rings. The van der Waals surface area contributed by atoms with Gasteiger partial charge in [-0.15, -0.1) is 0 Å². The van der Waals surface area contributed by atoms with Crippen molar-refractivity contribution < 1.29 is 13.9 Å². The third-order valence-corrected chi connectivity index (χ3v) is 2.65. The molecule has 0 saturated carbocycles.